The van der Waals surface area contributed by atoms with Crippen LogP contribution in [0.4, 0.5) is 5.82 Å². The van der Waals surface area contributed by atoms with Gasteiger partial charge in [-0.15, -0.1) is 0 Å². The third-order valence-corrected chi connectivity index (χ3v) is 8.02. The Morgan fingerprint density at radius 1 is 1.38 bits per heavy atom. The highest BCUT2D eigenvalue weighted by molar-refractivity contribution is 7.48. The van der Waals surface area contributed by atoms with Gasteiger partial charge in [-0.3, -0.25) is 18.4 Å². The number of nitrogens with two attached hydrogens (primary N) is 1. The molecule has 0 aliphatic carbocycles. The summed E-state index contributed by atoms with van der Waals surface area (Å²) in [6, 6.07) is 8.71. The number of carbonyl (C=O) groups is 1. The van der Waals surface area contributed by atoms with E-state index in [-0.39, 0.29) is 19.0 Å². The average Bonchev–Trinajstić information content (AvgIpc) is 3.37. The lowest BCUT2D eigenvalue weighted by molar-refractivity contribution is -0.161. The van der Waals surface area contributed by atoms with Crippen molar-refractivity contribution in [3.8, 4) is 0 Å². The Morgan fingerprint density at radius 2 is 2.19 bits per heavy atom. The van der Waals surface area contributed by atoms with Crippen molar-refractivity contribution in [3.63, 3.8) is 0 Å². The Morgan fingerprint density at radius 3 is 2.95 bits per heavy atom. The number of hydrogen-bond donors (Lipinski definition) is 2. The maximum absolute atomic E-state index is 13.3. The highest BCUT2D eigenvalue weighted by Gasteiger charge is 2.57. The second kappa shape index (κ2) is 9.95. The zero-order chi connectivity index (χ0) is 26.4. The molecular weight excluding hydrogens is 527 g/mol. The third-order valence-electron chi connectivity index (χ3n) is 6.31. The molecule has 2 aliphatic rings. The van der Waals surface area contributed by atoms with Crippen molar-refractivity contribution in [1.29, 1.82) is 0 Å². The van der Waals surface area contributed by atoms with Crippen molar-refractivity contribution < 1.29 is 37.5 Å². The quantitative estimate of drug-likeness (QED) is 0.340. The molecule has 0 radical (unpaired) electrons. The molecule has 2 fully saturated rings. The second-order valence-corrected chi connectivity index (χ2v) is 11.1. The Kier molecular flexibility index (Phi) is 7.01. The first kappa shape index (κ1) is 26.1. The number of aromatic nitrogens is 3. The Balaban J connectivity index is 1.37. The van der Waals surface area contributed by atoms with E-state index in [0.29, 0.717) is 22.5 Å². The number of benzene rings is 1. The predicted molar refractivity (Wildman–Crippen MR) is 131 cm³/mol. The lowest BCUT2D eigenvalue weighted by Gasteiger charge is -2.31. The summed E-state index contributed by atoms with van der Waals surface area (Å²) >= 11 is 6.08. The molecule has 5 rings (SSSR count). The number of phosphoric ester groups is 1. The summed E-state index contributed by atoms with van der Waals surface area (Å²) in [6.07, 6.45) is -0.427. The lowest BCUT2D eigenvalue weighted by Crippen LogP contribution is -2.47. The molecule has 12 nitrogen and oxygen atoms in total. The second-order valence-electron chi connectivity index (χ2n) is 9.02. The van der Waals surface area contributed by atoms with Gasteiger partial charge in [0.2, 0.25) is 0 Å². The van der Waals surface area contributed by atoms with E-state index in [1.807, 2.05) is 6.07 Å². The van der Waals surface area contributed by atoms with Gasteiger partial charge in [0, 0.05) is 24.6 Å². The molecule has 0 amide bonds. The molecule has 3 aromatic rings. The van der Waals surface area contributed by atoms with E-state index in [1.54, 1.807) is 35.0 Å². The smallest absolute Gasteiger partial charge is 0.456 e. The minimum atomic E-state index is -4.02. The third kappa shape index (κ3) is 5.10. The molecule has 198 valence electrons. The number of phosphoric acid groups is 1. The minimum Gasteiger partial charge on any atom is -0.456 e. The van der Waals surface area contributed by atoms with Gasteiger partial charge in [0.15, 0.2) is 12.3 Å². The number of hydrogen-bond acceptors (Lipinski definition) is 11. The van der Waals surface area contributed by atoms with Gasteiger partial charge in [-0.25, -0.2) is 14.5 Å². The maximum Gasteiger partial charge on any atom is 0.475 e. The maximum atomic E-state index is 13.3. The zero-order valence-corrected chi connectivity index (χ0v) is 21.7. The molecule has 37 heavy (non-hydrogen) atoms. The molecule has 2 saturated heterocycles. The number of nitrogens with zero attached hydrogens (tertiary/aromatic N) is 3. The Bertz CT molecular complexity index is 1370. The number of aliphatic hydroxyl groups is 1. The van der Waals surface area contributed by atoms with Gasteiger partial charge in [-0.1, -0.05) is 23.7 Å². The van der Waals surface area contributed by atoms with Gasteiger partial charge >= 0.3 is 13.8 Å². The summed E-state index contributed by atoms with van der Waals surface area (Å²) in [5, 5.41) is 12.5. The first-order valence-electron chi connectivity index (χ1n) is 11.5. The molecule has 1 aromatic carbocycles. The topological polar surface area (TPSA) is 157 Å². The van der Waals surface area contributed by atoms with Crippen molar-refractivity contribution in [2.24, 2.45) is 0 Å². The summed E-state index contributed by atoms with van der Waals surface area (Å²) in [4.78, 5) is 20.1. The summed E-state index contributed by atoms with van der Waals surface area (Å²) in [5.74, 6) is -0.377. The lowest BCUT2D eigenvalue weighted by atomic mass is 9.96. The number of anilines is 1. The molecule has 4 heterocycles. The molecule has 1 unspecified atom stereocenters. The molecule has 2 aliphatic heterocycles. The Labute approximate surface area is 217 Å². The number of esters is 1. The molecule has 0 spiro atoms. The van der Waals surface area contributed by atoms with Crippen molar-refractivity contribution >= 4 is 42.2 Å². The predicted octanol–water partition coefficient (Wildman–Crippen LogP) is 3.55. The fraction of sp³-hybridized carbons (Fsp3) is 0.435. The van der Waals surface area contributed by atoms with Crippen LogP contribution >= 0.6 is 19.4 Å². The van der Waals surface area contributed by atoms with E-state index in [9.17, 15) is 14.5 Å². The normalized spacial score (nSPS) is 32.0. The summed E-state index contributed by atoms with van der Waals surface area (Å²) in [5.41, 5.74) is 5.36. The standard InChI is InChI=1S/C23H26ClN4O8P/c1-13(29)34-19-18(11-33-37(31)32-9-7-17(36-37)14-4-3-5-15(24)10-14)35-22(23(19,2)30)28-8-6-16-20(25)26-12-27-21(16)28/h3-6,8,10,12,17-19,22,30H,7,9,11H2,1-2H3,(H2,25,26,27)/t17-,18-,19-,22-,23-,37?/m1/s1. The van der Waals surface area contributed by atoms with Gasteiger partial charge in [-0.05, 0) is 30.7 Å². The van der Waals surface area contributed by atoms with Crippen LogP contribution in [0.2, 0.25) is 5.02 Å². The van der Waals surface area contributed by atoms with Crippen LogP contribution in [0.15, 0.2) is 42.9 Å². The van der Waals surface area contributed by atoms with Crippen LogP contribution in [-0.2, 0) is 32.4 Å². The van der Waals surface area contributed by atoms with E-state index < -0.39 is 43.9 Å². The number of nitrogen functional groups attached to an aromatic ring is 1. The fourth-order valence-corrected chi connectivity index (χ4v) is 6.19. The van der Waals surface area contributed by atoms with E-state index in [4.69, 9.17) is 40.4 Å². The minimum absolute atomic E-state index is 0.129. The molecule has 3 N–H and O–H groups in total. The fourth-order valence-electron chi connectivity index (χ4n) is 4.60. The van der Waals surface area contributed by atoms with E-state index in [1.165, 1.54) is 20.2 Å². The molecular formula is C23H26ClN4O8P. The highest BCUT2D eigenvalue weighted by Crippen LogP contribution is 2.57. The monoisotopic (exact) mass is 552 g/mol. The number of rotatable bonds is 6. The largest absolute Gasteiger partial charge is 0.475 e. The molecule has 14 heteroatoms. The molecule has 2 aromatic heterocycles. The van der Waals surface area contributed by atoms with Gasteiger partial charge in [0.25, 0.3) is 0 Å². The summed E-state index contributed by atoms with van der Waals surface area (Å²) in [6.45, 7) is 2.45. The number of ether oxygens (including phenoxy) is 2. The first-order chi connectivity index (χ1) is 17.6. The van der Waals surface area contributed by atoms with Gasteiger partial charge in [-0.2, -0.15) is 0 Å². The van der Waals surface area contributed by atoms with Gasteiger partial charge in [0.1, 0.15) is 29.5 Å². The van der Waals surface area contributed by atoms with Crippen LogP contribution in [0.1, 0.15) is 38.2 Å². The van der Waals surface area contributed by atoms with Crippen LogP contribution in [0.25, 0.3) is 11.0 Å². The van der Waals surface area contributed by atoms with Crippen LogP contribution in [0, 0.1) is 0 Å². The number of carbonyl (C=O) groups excluding carboxylic acids is 1. The summed E-state index contributed by atoms with van der Waals surface area (Å²) in [7, 11) is -4.02. The summed E-state index contributed by atoms with van der Waals surface area (Å²) < 4.78 is 43.1. The van der Waals surface area contributed by atoms with Crippen molar-refractivity contribution in [1.82, 2.24) is 14.5 Å². The van der Waals surface area contributed by atoms with Gasteiger partial charge < -0.3 is 24.9 Å². The average molecular weight is 553 g/mol. The van der Waals surface area contributed by atoms with Crippen LogP contribution in [0.3, 0.4) is 0 Å². The SMILES string of the molecule is CC(=O)O[C@@H]1[C@@H](COP2(=O)OCC[C@H](c3cccc(Cl)c3)O2)O[C@@H](n2ccc3c(N)ncnc32)[C@]1(C)O. The van der Waals surface area contributed by atoms with Crippen LogP contribution in [0.5, 0.6) is 0 Å². The molecule has 0 bridgehead atoms. The van der Waals surface area contributed by atoms with E-state index >= 15 is 0 Å². The van der Waals surface area contributed by atoms with Crippen LogP contribution < -0.4 is 5.73 Å². The molecule has 0 saturated carbocycles. The Hall–Kier alpha value is -2.57. The van der Waals surface area contributed by atoms with Crippen molar-refractivity contribution in [2.45, 2.75) is 50.4 Å². The van der Waals surface area contributed by atoms with Crippen molar-refractivity contribution in [3.05, 3.63) is 53.4 Å². The zero-order valence-electron chi connectivity index (χ0n) is 20.0. The van der Waals surface area contributed by atoms with Gasteiger partial charge in [0.05, 0.1) is 24.7 Å². The van der Waals surface area contributed by atoms with Crippen molar-refractivity contribution in [2.75, 3.05) is 18.9 Å². The van der Waals surface area contributed by atoms with E-state index in [0.717, 1.165) is 5.56 Å². The van der Waals surface area contributed by atoms with Crippen LogP contribution in [-0.4, -0.2) is 56.6 Å². The number of fused-ring (bicyclic) bond motifs is 1. The highest BCUT2D eigenvalue weighted by atomic mass is 35.5. The van der Waals surface area contributed by atoms with E-state index in [2.05, 4.69) is 9.97 Å². The first-order valence-corrected chi connectivity index (χ1v) is 13.4. The number of halogens is 1. The molecule has 6 atom stereocenters.